The Balaban J connectivity index is 1.35. The molecule has 0 bridgehead atoms. The number of aliphatic hydroxyl groups is 11. The van der Waals surface area contributed by atoms with Crippen molar-refractivity contribution in [2.75, 3.05) is 26.4 Å². The SMILES string of the molecule is CCCCCCCCCC/C=C\CCCCCCCCCCCCCCCCCC(=O)NC(COC1OC(CO)C(OC2OC(CO)C(OC3OC(CO)C(O)C(O)C3O)C(O)C2O)C(O)C1O)C(O)CCCCCCCCCCCCCCCCCCCCCCCCCCCCCCC. The van der Waals surface area contributed by atoms with Gasteiger partial charge in [-0.2, -0.15) is 0 Å². The summed E-state index contributed by atoms with van der Waals surface area (Å²) in [5, 5.41) is 121. The van der Waals surface area contributed by atoms with Gasteiger partial charge in [-0.1, -0.05) is 341 Å². The van der Waals surface area contributed by atoms with Gasteiger partial charge in [0, 0.05) is 6.42 Å². The Bertz CT molecular complexity index is 1870. The molecule has 17 unspecified atom stereocenters. The van der Waals surface area contributed by atoms with E-state index in [1.807, 2.05) is 0 Å². The molecule has 3 aliphatic rings. The number of amides is 1. The van der Waals surface area contributed by atoms with E-state index in [1.54, 1.807) is 0 Å². The maximum atomic E-state index is 13.5. The molecule has 101 heavy (non-hydrogen) atoms. The Labute approximate surface area is 614 Å². The van der Waals surface area contributed by atoms with Crippen LogP contribution in [-0.2, 0) is 33.2 Å². The lowest BCUT2D eigenvalue weighted by Crippen LogP contribution is -2.66. The lowest BCUT2D eigenvalue weighted by molar-refractivity contribution is -0.379. The second-order valence-corrected chi connectivity index (χ2v) is 30.7. The first-order valence-corrected chi connectivity index (χ1v) is 42.4. The summed E-state index contributed by atoms with van der Waals surface area (Å²) in [6.07, 6.45) is 48.8. The van der Waals surface area contributed by atoms with Crippen molar-refractivity contribution in [1.82, 2.24) is 5.32 Å². The molecule has 19 nitrogen and oxygen atoms in total. The third-order valence-corrected chi connectivity index (χ3v) is 21.6. The van der Waals surface area contributed by atoms with Crippen molar-refractivity contribution in [3.63, 3.8) is 0 Å². The van der Waals surface area contributed by atoms with Crippen LogP contribution in [0.2, 0.25) is 0 Å². The fourth-order valence-corrected chi connectivity index (χ4v) is 14.8. The van der Waals surface area contributed by atoms with Crippen molar-refractivity contribution in [1.29, 1.82) is 0 Å². The van der Waals surface area contributed by atoms with Crippen LogP contribution in [0, 0.1) is 0 Å². The van der Waals surface area contributed by atoms with Gasteiger partial charge in [0.2, 0.25) is 5.91 Å². The van der Waals surface area contributed by atoms with Gasteiger partial charge in [-0.25, -0.2) is 0 Å². The highest BCUT2D eigenvalue weighted by Crippen LogP contribution is 2.34. The number of hydrogen-bond donors (Lipinski definition) is 12. The van der Waals surface area contributed by atoms with Crippen molar-refractivity contribution in [2.24, 2.45) is 0 Å². The van der Waals surface area contributed by atoms with Gasteiger partial charge in [-0.3, -0.25) is 4.79 Å². The molecule has 19 heteroatoms. The van der Waals surface area contributed by atoms with E-state index in [0.717, 1.165) is 44.9 Å². The van der Waals surface area contributed by atoms with Crippen molar-refractivity contribution in [3.8, 4) is 0 Å². The average molecular weight is 1450 g/mol. The van der Waals surface area contributed by atoms with Gasteiger partial charge < -0.3 is 89.9 Å². The van der Waals surface area contributed by atoms with Crippen molar-refractivity contribution < 1.29 is 89.4 Å². The van der Waals surface area contributed by atoms with E-state index in [0.29, 0.717) is 12.8 Å². The summed E-state index contributed by atoms with van der Waals surface area (Å²) < 4.78 is 34.6. The van der Waals surface area contributed by atoms with E-state index in [4.69, 9.17) is 28.4 Å². The highest BCUT2D eigenvalue weighted by Gasteiger charge is 2.54. The molecular weight excluding hydrogens is 1290 g/mol. The molecule has 0 aliphatic carbocycles. The van der Waals surface area contributed by atoms with Crippen LogP contribution in [-0.4, -0.2) is 193 Å². The monoisotopic (exact) mass is 1440 g/mol. The molecule has 0 aromatic heterocycles. The molecule has 0 aromatic rings. The maximum Gasteiger partial charge on any atom is 0.220 e. The van der Waals surface area contributed by atoms with Crippen LogP contribution in [0.4, 0.5) is 0 Å². The molecule has 0 spiro atoms. The summed E-state index contributed by atoms with van der Waals surface area (Å²) in [4.78, 5) is 13.5. The molecule has 17 atom stereocenters. The van der Waals surface area contributed by atoms with Crippen LogP contribution in [0.3, 0.4) is 0 Å². The minimum atomic E-state index is -1.97. The zero-order valence-electron chi connectivity index (χ0n) is 64.2. The Morgan fingerprint density at radius 2 is 0.624 bits per heavy atom. The van der Waals surface area contributed by atoms with E-state index >= 15 is 0 Å². The Morgan fingerprint density at radius 1 is 0.347 bits per heavy atom. The zero-order chi connectivity index (χ0) is 73.2. The third-order valence-electron chi connectivity index (χ3n) is 21.6. The van der Waals surface area contributed by atoms with Gasteiger partial charge in [0.25, 0.3) is 0 Å². The number of carbonyl (C=O) groups excluding carboxylic acids is 1. The summed E-state index contributed by atoms with van der Waals surface area (Å²) in [7, 11) is 0. The highest BCUT2D eigenvalue weighted by atomic mass is 16.8. The van der Waals surface area contributed by atoms with Crippen LogP contribution in [0.25, 0.3) is 0 Å². The van der Waals surface area contributed by atoms with E-state index in [2.05, 4.69) is 31.3 Å². The lowest BCUT2D eigenvalue weighted by Gasteiger charge is -2.48. The predicted molar refractivity (Wildman–Crippen MR) is 402 cm³/mol. The molecule has 3 fully saturated rings. The second-order valence-electron chi connectivity index (χ2n) is 30.7. The molecule has 0 saturated carbocycles. The summed E-state index contributed by atoms with van der Waals surface area (Å²) in [5.41, 5.74) is 0. The molecule has 3 saturated heterocycles. The number of unbranched alkanes of at least 4 members (excludes halogenated alkanes) is 51. The Hall–Kier alpha value is -1.47. The summed E-state index contributed by atoms with van der Waals surface area (Å²) in [5.74, 6) is -0.234. The van der Waals surface area contributed by atoms with Crippen LogP contribution in [0.1, 0.15) is 373 Å². The molecule has 3 rings (SSSR count). The standard InChI is InChI=1S/C82H157NO18/c1-3-5-7-9-11-13-15-17-19-21-23-25-27-29-31-32-34-35-37-39-41-43-45-47-49-51-53-55-57-59-66(87)65(83-70(88)60-58-56-54-52-50-48-46-44-42-40-38-36-33-30-28-26-24-22-20-18-16-14-12-10-8-6-4-2)64-96-80-76(94)73(91)78(68(62-85)98-80)101-82-77(95)74(92)79(69(63-86)99-82)100-81-75(93)72(90)71(89)67(61-84)97-81/h22,24,65-69,71-82,84-87,89-95H,3-21,23,25-64H2,1-2H3,(H,83,88)/b24-22-. The Kier molecular flexibility index (Phi) is 58.9. The number of nitrogens with one attached hydrogen (secondary N) is 1. The van der Waals surface area contributed by atoms with E-state index < -0.39 is 124 Å². The summed E-state index contributed by atoms with van der Waals surface area (Å²) >= 11 is 0. The second kappa shape index (κ2) is 63.5. The lowest BCUT2D eigenvalue weighted by atomic mass is 9.96. The number of ether oxygens (including phenoxy) is 6. The first-order valence-electron chi connectivity index (χ1n) is 42.4. The first-order chi connectivity index (χ1) is 49.3. The van der Waals surface area contributed by atoms with Crippen LogP contribution in [0.15, 0.2) is 12.2 Å². The molecule has 0 aromatic carbocycles. The van der Waals surface area contributed by atoms with Crippen LogP contribution >= 0.6 is 0 Å². The maximum absolute atomic E-state index is 13.5. The Morgan fingerprint density at radius 3 is 0.960 bits per heavy atom. The summed E-state index contributed by atoms with van der Waals surface area (Å²) in [6.45, 7) is 1.87. The van der Waals surface area contributed by atoms with Crippen molar-refractivity contribution in [3.05, 3.63) is 12.2 Å². The third kappa shape index (κ3) is 43.3. The van der Waals surface area contributed by atoms with Gasteiger partial charge in [-0.15, -0.1) is 0 Å². The molecule has 1 amide bonds. The van der Waals surface area contributed by atoms with E-state index in [9.17, 15) is 61.0 Å². The molecule has 3 aliphatic heterocycles. The zero-order valence-corrected chi connectivity index (χ0v) is 64.2. The van der Waals surface area contributed by atoms with Crippen molar-refractivity contribution >= 4 is 5.91 Å². The topological polar surface area (TPSA) is 307 Å². The molecule has 12 N–H and O–H groups in total. The smallest absolute Gasteiger partial charge is 0.220 e. The fourth-order valence-electron chi connectivity index (χ4n) is 14.8. The molecular formula is C82H157NO18. The van der Waals surface area contributed by atoms with Crippen LogP contribution < -0.4 is 5.32 Å². The predicted octanol–water partition coefficient (Wildman–Crippen LogP) is 14.7. The van der Waals surface area contributed by atoms with Gasteiger partial charge in [-0.05, 0) is 38.5 Å². The van der Waals surface area contributed by atoms with Crippen LogP contribution in [0.5, 0.6) is 0 Å². The number of aliphatic hydroxyl groups excluding tert-OH is 11. The van der Waals surface area contributed by atoms with Gasteiger partial charge in [0.1, 0.15) is 73.2 Å². The largest absolute Gasteiger partial charge is 0.394 e. The number of rotatable bonds is 69. The highest BCUT2D eigenvalue weighted by molar-refractivity contribution is 5.76. The molecule has 598 valence electrons. The number of allylic oxidation sites excluding steroid dienone is 2. The molecule has 0 radical (unpaired) electrons. The minimum absolute atomic E-state index is 0.234. The van der Waals surface area contributed by atoms with Gasteiger partial charge >= 0.3 is 0 Å². The average Bonchev–Trinajstić information content (AvgIpc) is 0.782. The van der Waals surface area contributed by atoms with E-state index in [1.165, 1.54) is 295 Å². The fraction of sp³-hybridized carbons (Fsp3) is 0.963. The molecule has 3 heterocycles. The van der Waals surface area contributed by atoms with Gasteiger partial charge in [0.15, 0.2) is 18.9 Å². The normalized spacial score (nSPS) is 26.3. The first kappa shape index (κ1) is 93.7. The summed E-state index contributed by atoms with van der Waals surface area (Å²) in [6, 6.07) is -0.886. The van der Waals surface area contributed by atoms with Crippen molar-refractivity contribution in [2.45, 2.75) is 478 Å². The quantitative estimate of drug-likeness (QED) is 0.0199. The number of hydrogen-bond acceptors (Lipinski definition) is 18. The minimum Gasteiger partial charge on any atom is -0.394 e. The van der Waals surface area contributed by atoms with E-state index in [-0.39, 0.29) is 18.9 Å². The number of carbonyl (C=O) groups is 1. The van der Waals surface area contributed by atoms with Gasteiger partial charge in [0.05, 0.1) is 38.6 Å².